The number of carbonyl (C=O) groups is 2. The molecule has 4 aromatic rings. The summed E-state index contributed by atoms with van der Waals surface area (Å²) < 4.78 is 32.9. The third kappa shape index (κ3) is 5.48. The average molecular weight is 532 g/mol. The first-order valence-electron chi connectivity index (χ1n) is 11.9. The number of hydrogen-bond acceptors (Lipinski definition) is 8. The number of sulfonamides is 1. The van der Waals surface area contributed by atoms with Crippen LogP contribution in [0.1, 0.15) is 21.6 Å². The Labute approximate surface area is 219 Å². The van der Waals surface area contributed by atoms with Crippen LogP contribution in [0.4, 0.5) is 11.5 Å². The Hall–Kier alpha value is -4.35. The van der Waals surface area contributed by atoms with E-state index in [1.54, 1.807) is 12.1 Å². The molecule has 0 atom stereocenters. The zero-order valence-electron chi connectivity index (χ0n) is 20.5. The van der Waals surface area contributed by atoms with Gasteiger partial charge in [0.25, 0.3) is 15.9 Å². The fraction of sp³-hybridized carbons (Fsp3) is 0.185. The Kier molecular flexibility index (Phi) is 7.03. The number of fused-ring (bicyclic) bond motifs is 2. The van der Waals surface area contributed by atoms with Crippen LogP contribution in [0.25, 0.3) is 10.9 Å². The molecule has 11 heteroatoms. The first-order chi connectivity index (χ1) is 18.3. The molecule has 0 fully saturated rings. The summed E-state index contributed by atoms with van der Waals surface area (Å²) in [7, 11) is -1.87. The van der Waals surface area contributed by atoms with Crippen molar-refractivity contribution in [1.82, 2.24) is 14.9 Å². The van der Waals surface area contributed by atoms with Gasteiger partial charge < -0.3 is 15.0 Å². The number of esters is 1. The summed E-state index contributed by atoms with van der Waals surface area (Å²) in [4.78, 5) is 36.5. The SMILES string of the molecule is CN1CCc2nc3ccccc3c(C(=O)OCC(=O)Nc3ccc(S(=O)(=O)Nc4ccccn4)cc3)c2C1. The monoisotopic (exact) mass is 531 g/mol. The van der Waals surface area contributed by atoms with Crippen LogP contribution in [0.15, 0.2) is 77.8 Å². The maximum Gasteiger partial charge on any atom is 0.339 e. The Morgan fingerprint density at radius 3 is 2.55 bits per heavy atom. The Morgan fingerprint density at radius 1 is 1.03 bits per heavy atom. The van der Waals surface area contributed by atoms with Gasteiger partial charge in [-0.1, -0.05) is 24.3 Å². The summed E-state index contributed by atoms with van der Waals surface area (Å²) in [5, 5.41) is 3.30. The van der Waals surface area contributed by atoms with Crippen LogP contribution >= 0.6 is 0 Å². The van der Waals surface area contributed by atoms with Crippen molar-refractivity contribution in [3.8, 4) is 0 Å². The number of para-hydroxylation sites is 1. The summed E-state index contributed by atoms with van der Waals surface area (Å²) in [6, 6.07) is 17.9. The van der Waals surface area contributed by atoms with Gasteiger partial charge in [0.2, 0.25) is 0 Å². The second-order valence-electron chi connectivity index (χ2n) is 8.89. The van der Waals surface area contributed by atoms with E-state index in [1.807, 2.05) is 31.3 Å². The van der Waals surface area contributed by atoms with Gasteiger partial charge in [0.1, 0.15) is 5.82 Å². The molecule has 0 unspecified atom stereocenters. The van der Waals surface area contributed by atoms with E-state index in [0.29, 0.717) is 28.7 Å². The van der Waals surface area contributed by atoms with Crippen molar-refractivity contribution in [3.05, 3.63) is 89.7 Å². The second-order valence-corrected chi connectivity index (χ2v) is 10.6. The molecule has 3 heterocycles. The molecule has 1 amide bonds. The number of hydrogen-bond donors (Lipinski definition) is 2. The van der Waals surface area contributed by atoms with Crippen LogP contribution in [-0.4, -0.2) is 55.4 Å². The number of likely N-dealkylation sites (N-methyl/N-ethyl adjacent to an activating group) is 1. The molecule has 1 aliphatic rings. The molecule has 0 saturated heterocycles. The highest BCUT2D eigenvalue weighted by Crippen LogP contribution is 2.28. The van der Waals surface area contributed by atoms with Crippen molar-refractivity contribution >= 4 is 44.3 Å². The molecule has 194 valence electrons. The minimum Gasteiger partial charge on any atom is -0.452 e. The molecule has 0 radical (unpaired) electrons. The van der Waals surface area contributed by atoms with Gasteiger partial charge in [-0.25, -0.2) is 18.2 Å². The number of nitrogens with zero attached hydrogens (tertiary/aromatic N) is 3. The Bertz CT molecular complexity index is 1610. The van der Waals surface area contributed by atoms with E-state index in [2.05, 4.69) is 19.9 Å². The highest BCUT2D eigenvalue weighted by atomic mass is 32.2. The average Bonchev–Trinajstić information content (AvgIpc) is 2.91. The number of benzene rings is 2. The quantitative estimate of drug-likeness (QED) is 0.348. The van der Waals surface area contributed by atoms with Crippen LogP contribution in [0.5, 0.6) is 0 Å². The van der Waals surface area contributed by atoms with Gasteiger partial charge in [-0.15, -0.1) is 0 Å². The third-order valence-electron chi connectivity index (χ3n) is 6.13. The Morgan fingerprint density at radius 2 is 1.79 bits per heavy atom. The predicted octanol–water partition coefficient (Wildman–Crippen LogP) is 3.21. The smallest absolute Gasteiger partial charge is 0.339 e. The van der Waals surface area contributed by atoms with Gasteiger partial charge in [-0.05, 0) is 49.5 Å². The number of aromatic nitrogens is 2. The number of pyridine rings is 2. The molecule has 38 heavy (non-hydrogen) atoms. The topological polar surface area (TPSA) is 131 Å². The molecule has 2 N–H and O–H groups in total. The van der Waals surface area contributed by atoms with E-state index < -0.39 is 28.5 Å². The van der Waals surface area contributed by atoms with E-state index in [4.69, 9.17) is 9.72 Å². The zero-order valence-corrected chi connectivity index (χ0v) is 21.4. The van der Waals surface area contributed by atoms with Crippen molar-refractivity contribution in [3.63, 3.8) is 0 Å². The third-order valence-corrected chi connectivity index (χ3v) is 7.50. The minimum absolute atomic E-state index is 0.00638. The van der Waals surface area contributed by atoms with Gasteiger partial charge in [-0.2, -0.15) is 0 Å². The molecule has 5 rings (SSSR count). The normalized spacial score (nSPS) is 13.5. The van der Waals surface area contributed by atoms with Crippen LogP contribution in [-0.2, 0) is 32.5 Å². The molecule has 1 aliphatic heterocycles. The highest BCUT2D eigenvalue weighted by Gasteiger charge is 2.26. The lowest BCUT2D eigenvalue weighted by molar-refractivity contribution is -0.119. The van der Waals surface area contributed by atoms with Crippen LogP contribution in [0, 0.1) is 0 Å². The van der Waals surface area contributed by atoms with Crippen molar-refractivity contribution in [1.29, 1.82) is 0 Å². The number of nitrogens with one attached hydrogen (secondary N) is 2. The van der Waals surface area contributed by atoms with Crippen LogP contribution < -0.4 is 10.0 Å². The molecule has 2 aromatic carbocycles. The molecule has 0 aliphatic carbocycles. The molecule has 0 saturated carbocycles. The highest BCUT2D eigenvalue weighted by molar-refractivity contribution is 7.92. The van der Waals surface area contributed by atoms with Crippen molar-refractivity contribution in [2.45, 2.75) is 17.9 Å². The van der Waals surface area contributed by atoms with Crippen LogP contribution in [0.3, 0.4) is 0 Å². The molecular formula is C27H25N5O5S. The maximum absolute atomic E-state index is 13.2. The van der Waals surface area contributed by atoms with Gasteiger partial charge in [0.05, 0.1) is 16.0 Å². The summed E-state index contributed by atoms with van der Waals surface area (Å²) in [5.41, 5.74) is 3.18. The van der Waals surface area contributed by atoms with Gasteiger partial charge in [-0.3, -0.25) is 14.5 Å². The standard InChI is InChI=1S/C27H25N5O5S/c1-32-15-13-23-21(16-32)26(20-6-2-3-7-22(20)30-23)27(34)37-17-25(33)29-18-9-11-19(12-10-18)38(35,36)31-24-8-4-5-14-28-24/h2-12,14H,13,15-17H2,1H3,(H,28,31)(H,29,33). The Balaban J connectivity index is 1.25. The van der Waals surface area contributed by atoms with E-state index in [0.717, 1.165) is 24.2 Å². The maximum atomic E-state index is 13.2. The summed E-state index contributed by atoms with van der Waals surface area (Å²) >= 11 is 0. The number of ether oxygens (including phenoxy) is 1. The van der Waals surface area contributed by atoms with E-state index >= 15 is 0 Å². The molecule has 0 spiro atoms. The number of carbonyl (C=O) groups excluding carboxylic acids is 2. The summed E-state index contributed by atoms with van der Waals surface area (Å²) in [5.74, 6) is -0.946. The van der Waals surface area contributed by atoms with Gasteiger partial charge >= 0.3 is 5.97 Å². The fourth-order valence-electron chi connectivity index (χ4n) is 4.30. The molecule has 10 nitrogen and oxygen atoms in total. The predicted molar refractivity (Wildman–Crippen MR) is 142 cm³/mol. The van der Waals surface area contributed by atoms with E-state index in [1.165, 1.54) is 36.5 Å². The van der Waals surface area contributed by atoms with Gasteiger partial charge in [0.15, 0.2) is 6.61 Å². The first kappa shape index (κ1) is 25.3. The lowest BCUT2D eigenvalue weighted by Crippen LogP contribution is -2.30. The number of amides is 1. The van der Waals surface area contributed by atoms with Crippen molar-refractivity contribution < 1.29 is 22.7 Å². The minimum atomic E-state index is -3.84. The first-order valence-corrected chi connectivity index (χ1v) is 13.4. The van der Waals surface area contributed by atoms with Crippen LogP contribution in [0.2, 0.25) is 0 Å². The fourth-order valence-corrected chi connectivity index (χ4v) is 5.30. The summed E-state index contributed by atoms with van der Waals surface area (Å²) in [6.45, 7) is 0.907. The molecule has 0 bridgehead atoms. The number of rotatable bonds is 7. The lowest BCUT2D eigenvalue weighted by atomic mass is 9.96. The largest absolute Gasteiger partial charge is 0.452 e. The summed E-state index contributed by atoms with van der Waals surface area (Å²) in [6.07, 6.45) is 2.20. The number of anilines is 2. The van der Waals surface area contributed by atoms with E-state index in [9.17, 15) is 18.0 Å². The van der Waals surface area contributed by atoms with Crippen molar-refractivity contribution in [2.75, 3.05) is 30.2 Å². The zero-order chi connectivity index (χ0) is 26.7. The van der Waals surface area contributed by atoms with E-state index in [-0.39, 0.29) is 10.7 Å². The molecular weight excluding hydrogens is 506 g/mol. The molecule has 2 aromatic heterocycles. The van der Waals surface area contributed by atoms with Gasteiger partial charge in [0, 0.05) is 48.0 Å². The lowest BCUT2D eigenvalue weighted by Gasteiger charge is -2.26. The van der Waals surface area contributed by atoms with Crippen molar-refractivity contribution in [2.24, 2.45) is 0 Å². The second kappa shape index (κ2) is 10.6.